The average molecular weight is 447 g/mol. The second-order valence-corrected chi connectivity index (χ2v) is 7.47. The molecule has 2 aromatic heterocycles. The van der Waals surface area contributed by atoms with E-state index >= 15 is 0 Å². The molecule has 0 saturated carbocycles. The molecule has 2 heterocycles. The SMILES string of the molecule is CCOc1cc(C(=O)NC(C)c2cc3cccc(OC)c3o2)ccc1OCc1cccnc1. The Hall–Kier alpha value is -4.00. The van der Waals surface area contributed by atoms with E-state index in [0.717, 1.165) is 10.9 Å². The number of ether oxygens (including phenoxy) is 3. The summed E-state index contributed by atoms with van der Waals surface area (Å²) in [6.45, 7) is 4.56. The standard InChI is InChI=1S/C26H26N2O5/c1-4-31-24-14-20(10-11-21(24)32-16-18-7-6-12-27-15-18)26(29)28-17(2)23-13-19-8-5-9-22(30-3)25(19)33-23/h5-15,17H,4,16H2,1-3H3,(H,28,29). The van der Waals surface area contributed by atoms with E-state index in [0.29, 0.717) is 47.4 Å². The Morgan fingerprint density at radius 3 is 2.70 bits per heavy atom. The highest BCUT2D eigenvalue weighted by Gasteiger charge is 2.18. The number of aromatic nitrogens is 1. The number of benzene rings is 2. The van der Waals surface area contributed by atoms with E-state index in [2.05, 4.69) is 10.3 Å². The number of carbonyl (C=O) groups excluding carboxylic acids is 1. The number of hydrogen-bond acceptors (Lipinski definition) is 6. The fourth-order valence-corrected chi connectivity index (χ4v) is 3.46. The van der Waals surface area contributed by atoms with Crippen molar-refractivity contribution in [1.82, 2.24) is 10.3 Å². The van der Waals surface area contributed by atoms with Crippen LogP contribution in [-0.4, -0.2) is 24.6 Å². The lowest BCUT2D eigenvalue weighted by Gasteiger charge is -2.15. The molecule has 0 aliphatic carbocycles. The first-order chi connectivity index (χ1) is 16.1. The van der Waals surface area contributed by atoms with Gasteiger partial charge in [0.25, 0.3) is 5.91 Å². The van der Waals surface area contributed by atoms with Crippen molar-refractivity contribution in [1.29, 1.82) is 0 Å². The number of nitrogens with zero attached hydrogens (tertiary/aromatic N) is 1. The molecule has 0 saturated heterocycles. The highest BCUT2D eigenvalue weighted by atomic mass is 16.5. The molecule has 1 atom stereocenters. The predicted molar refractivity (Wildman–Crippen MR) is 125 cm³/mol. The minimum absolute atomic E-state index is 0.241. The monoisotopic (exact) mass is 446 g/mol. The van der Waals surface area contributed by atoms with Gasteiger partial charge in [-0.15, -0.1) is 0 Å². The molecule has 1 N–H and O–H groups in total. The van der Waals surface area contributed by atoms with Gasteiger partial charge < -0.3 is 23.9 Å². The van der Waals surface area contributed by atoms with Crippen LogP contribution < -0.4 is 19.5 Å². The van der Waals surface area contributed by atoms with Crippen molar-refractivity contribution in [3.63, 3.8) is 0 Å². The lowest BCUT2D eigenvalue weighted by Crippen LogP contribution is -2.26. The quantitative estimate of drug-likeness (QED) is 0.375. The second kappa shape index (κ2) is 10.1. The molecule has 7 nitrogen and oxygen atoms in total. The van der Waals surface area contributed by atoms with Crippen molar-refractivity contribution in [2.24, 2.45) is 0 Å². The van der Waals surface area contributed by atoms with Crippen molar-refractivity contribution in [2.45, 2.75) is 26.5 Å². The van der Waals surface area contributed by atoms with Crippen molar-refractivity contribution in [3.05, 3.63) is 83.9 Å². The number of nitrogens with one attached hydrogen (secondary N) is 1. The van der Waals surface area contributed by atoms with Gasteiger partial charge >= 0.3 is 0 Å². The molecule has 7 heteroatoms. The van der Waals surface area contributed by atoms with Crippen molar-refractivity contribution in [3.8, 4) is 17.2 Å². The van der Waals surface area contributed by atoms with Crippen LogP contribution in [0.4, 0.5) is 0 Å². The van der Waals surface area contributed by atoms with Crippen molar-refractivity contribution in [2.75, 3.05) is 13.7 Å². The summed E-state index contributed by atoms with van der Waals surface area (Å²) in [5.41, 5.74) is 2.07. The van der Waals surface area contributed by atoms with Gasteiger partial charge in [-0.2, -0.15) is 0 Å². The summed E-state index contributed by atoms with van der Waals surface area (Å²) in [6.07, 6.45) is 3.46. The van der Waals surface area contributed by atoms with Gasteiger partial charge in [-0.1, -0.05) is 18.2 Å². The van der Waals surface area contributed by atoms with Crippen molar-refractivity contribution >= 4 is 16.9 Å². The number of rotatable bonds is 9. The number of fused-ring (bicyclic) bond motifs is 1. The van der Waals surface area contributed by atoms with Gasteiger partial charge in [-0.25, -0.2) is 0 Å². The molecule has 0 aliphatic rings. The Morgan fingerprint density at radius 1 is 1.06 bits per heavy atom. The third-order valence-electron chi connectivity index (χ3n) is 5.14. The minimum Gasteiger partial charge on any atom is -0.493 e. The van der Waals surface area contributed by atoms with Crippen LogP contribution in [0, 0.1) is 0 Å². The number of hydrogen-bond donors (Lipinski definition) is 1. The highest BCUT2D eigenvalue weighted by molar-refractivity contribution is 5.95. The van der Waals surface area contributed by atoms with Crippen LogP contribution in [-0.2, 0) is 6.61 Å². The molecule has 4 rings (SSSR count). The summed E-state index contributed by atoms with van der Waals surface area (Å²) >= 11 is 0. The summed E-state index contributed by atoms with van der Waals surface area (Å²) in [4.78, 5) is 17.0. The van der Waals surface area contributed by atoms with Gasteiger partial charge in [-0.05, 0) is 50.2 Å². The number of methoxy groups -OCH3 is 1. The molecule has 0 fully saturated rings. The number of pyridine rings is 1. The molecule has 170 valence electrons. The lowest BCUT2D eigenvalue weighted by molar-refractivity contribution is 0.0935. The van der Waals surface area contributed by atoms with E-state index in [1.807, 2.05) is 50.2 Å². The third-order valence-corrected chi connectivity index (χ3v) is 5.14. The topological polar surface area (TPSA) is 82.8 Å². The molecule has 0 bridgehead atoms. The Bertz CT molecular complexity index is 1240. The van der Waals surface area contributed by atoms with Crippen LogP contribution in [0.1, 0.15) is 41.6 Å². The van der Waals surface area contributed by atoms with Crippen LogP contribution in [0.25, 0.3) is 11.0 Å². The van der Waals surface area contributed by atoms with Gasteiger partial charge in [0.05, 0.1) is 19.8 Å². The van der Waals surface area contributed by atoms with E-state index in [1.165, 1.54) is 0 Å². The Morgan fingerprint density at radius 2 is 1.94 bits per heavy atom. The van der Waals surface area contributed by atoms with E-state index in [-0.39, 0.29) is 11.9 Å². The Kier molecular flexibility index (Phi) is 6.78. The first kappa shape index (κ1) is 22.2. The zero-order valence-corrected chi connectivity index (χ0v) is 18.8. The molecule has 33 heavy (non-hydrogen) atoms. The molecule has 0 aliphatic heterocycles. The highest BCUT2D eigenvalue weighted by Crippen LogP contribution is 2.32. The molecule has 1 amide bonds. The summed E-state index contributed by atoms with van der Waals surface area (Å²) in [7, 11) is 1.60. The summed E-state index contributed by atoms with van der Waals surface area (Å²) < 4.78 is 22.9. The predicted octanol–water partition coefficient (Wildman–Crippen LogP) is 5.31. The largest absolute Gasteiger partial charge is 0.493 e. The maximum absolute atomic E-state index is 12.9. The molecule has 1 unspecified atom stereocenters. The van der Waals surface area contributed by atoms with Gasteiger partial charge in [0, 0.05) is 28.9 Å². The number of amides is 1. The molecule has 2 aromatic carbocycles. The zero-order chi connectivity index (χ0) is 23.2. The fourth-order valence-electron chi connectivity index (χ4n) is 3.46. The zero-order valence-electron chi connectivity index (χ0n) is 18.8. The molecular weight excluding hydrogens is 420 g/mol. The smallest absolute Gasteiger partial charge is 0.252 e. The number of furan rings is 1. The number of para-hydroxylation sites is 1. The van der Waals surface area contributed by atoms with Crippen LogP contribution in [0.5, 0.6) is 17.2 Å². The molecule has 0 spiro atoms. The normalized spacial score (nSPS) is 11.7. The maximum Gasteiger partial charge on any atom is 0.252 e. The molecular formula is C26H26N2O5. The number of carbonyl (C=O) groups is 1. The van der Waals surface area contributed by atoms with Crippen molar-refractivity contribution < 1.29 is 23.4 Å². The fraction of sp³-hybridized carbons (Fsp3) is 0.231. The molecule has 4 aromatic rings. The molecule has 0 radical (unpaired) electrons. The van der Waals surface area contributed by atoms with E-state index in [9.17, 15) is 4.79 Å². The third kappa shape index (κ3) is 5.09. The average Bonchev–Trinajstić information content (AvgIpc) is 3.29. The first-order valence-electron chi connectivity index (χ1n) is 10.7. The maximum atomic E-state index is 12.9. The summed E-state index contributed by atoms with van der Waals surface area (Å²) in [6, 6.07) is 16.2. The van der Waals surface area contributed by atoms with E-state index in [1.54, 1.807) is 37.7 Å². The van der Waals surface area contributed by atoms with Gasteiger partial charge in [0.15, 0.2) is 22.8 Å². The van der Waals surface area contributed by atoms with Gasteiger partial charge in [-0.3, -0.25) is 9.78 Å². The Balaban J connectivity index is 1.48. The van der Waals surface area contributed by atoms with Crippen LogP contribution in [0.3, 0.4) is 0 Å². The van der Waals surface area contributed by atoms with Crippen LogP contribution >= 0.6 is 0 Å². The summed E-state index contributed by atoms with van der Waals surface area (Å²) in [5.74, 6) is 2.13. The minimum atomic E-state index is -0.341. The summed E-state index contributed by atoms with van der Waals surface area (Å²) in [5, 5.41) is 3.90. The first-order valence-corrected chi connectivity index (χ1v) is 10.7. The van der Waals surface area contributed by atoms with Crippen LogP contribution in [0.2, 0.25) is 0 Å². The lowest BCUT2D eigenvalue weighted by atomic mass is 10.1. The Labute approximate surface area is 192 Å². The van der Waals surface area contributed by atoms with Crippen LogP contribution in [0.15, 0.2) is 71.4 Å². The van der Waals surface area contributed by atoms with Gasteiger partial charge in [0.1, 0.15) is 12.4 Å². The van der Waals surface area contributed by atoms with Gasteiger partial charge in [0.2, 0.25) is 0 Å². The van der Waals surface area contributed by atoms with E-state index < -0.39 is 0 Å². The van der Waals surface area contributed by atoms with E-state index in [4.69, 9.17) is 18.6 Å². The second-order valence-electron chi connectivity index (χ2n) is 7.47.